The standard InChI is InChI=1S/C14H17Si/c1-3-15(2,14-11-7-8-12-14)13-9-5-4-6-10-13/h4-12H,3H2,1-2H3. The second kappa shape index (κ2) is 4.19. The SMILES string of the molecule is CC[Si](C)([C]1C=CC=C1)c1ccccc1. The van der Waals surface area contributed by atoms with Crippen molar-refractivity contribution in [2.24, 2.45) is 0 Å². The Morgan fingerprint density at radius 2 is 1.60 bits per heavy atom. The van der Waals surface area contributed by atoms with Gasteiger partial charge in [0, 0.05) is 5.54 Å². The van der Waals surface area contributed by atoms with Crippen LogP contribution in [0.15, 0.2) is 54.6 Å². The van der Waals surface area contributed by atoms with Gasteiger partial charge in [-0.25, -0.2) is 0 Å². The van der Waals surface area contributed by atoms with Crippen LogP contribution in [0, 0.1) is 5.54 Å². The van der Waals surface area contributed by atoms with E-state index in [9.17, 15) is 0 Å². The Balaban J connectivity index is 2.37. The molecule has 0 saturated heterocycles. The normalized spacial score (nSPS) is 19.3. The first-order valence-electron chi connectivity index (χ1n) is 5.55. The molecule has 1 aliphatic carbocycles. The Kier molecular flexibility index (Phi) is 2.92. The first kappa shape index (κ1) is 10.4. The topological polar surface area (TPSA) is 0 Å². The molecule has 1 atom stereocenters. The fourth-order valence-electron chi connectivity index (χ4n) is 2.12. The lowest BCUT2D eigenvalue weighted by molar-refractivity contribution is 1.34. The van der Waals surface area contributed by atoms with Crippen LogP contribution < -0.4 is 5.19 Å². The monoisotopic (exact) mass is 213 g/mol. The van der Waals surface area contributed by atoms with Gasteiger partial charge in [-0.2, -0.15) is 0 Å². The van der Waals surface area contributed by atoms with E-state index < -0.39 is 8.07 Å². The number of hydrogen-bond donors (Lipinski definition) is 0. The average Bonchev–Trinajstić information content (AvgIpc) is 2.83. The quantitative estimate of drug-likeness (QED) is 0.676. The summed E-state index contributed by atoms with van der Waals surface area (Å²) < 4.78 is 0. The van der Waals surface area contributed by atoms with Crippen molar-refractivity contribution in [3.8, 4) is 0 Å². The molecule has 0 aliphatic heterocycles. The second-order valence-electron chi connectivity index (χ2n) is 4.23. The molecule has 2 rings (SSSR count). The van der Waals surface area contributed by atoms with Gasteiger partial charge in [0.25, 0.3) is 0 Å². The maximum Gasteiger partial charge on any atom is 0.0985 e. The van der Waals surface area contributed by atoms with E-state index in [-0.39, 0.29) is 0 Å². The van der Waals surface area contributed by atoms with E-state index in [4.69, 9.17) is 0 Å². The van der Waals surface area contributed by atoms with E-state index in [1.807, 2.05) is 0 Å². The minimum Gasteiger partial charge on any atom is -0.0760 e. The van der Waals surface area contributed by atoms with Crippen LogP contribution in [0.5, 0.6) is 0 Å². The summed E-state index contributed by atoms with van der Waals surface area (Å²) in [5, 5.41) is 1.54. The van der Waals surface area contributed by atoms with Crippen molar-refractivity contribution in [1.29, 1.82) is 0 Å². The Hall–Kier alpha value is -1.08. The molecule has 77 valence electrons. The predicted molar refractivity (Wildman–Crippen MR) is 69.7 cm³/mol. The molecule has 0 saturated carbocycles. The minimum atomic E-state index is -1.42. The molecule has 1 radical (unpaired) electrons. The van der Waals surface area contributed by atoms with E-state index >= 15 is 0 Å². The fraction of sp³-hybridized carbons (Fsp3) is 0.214. The summed E-state index contributed by atoms with van der Waals surface area (Å²) in [4.78, 5) is 0. The Morgan fingerprint density at radius 3 is 2.13 bits per heavy atom. The molecule has 0 heterocycles. The highest BCUT2D eigenvalue weighted by Gasteiger charge is 2.34. The lowest BCUT2D eigenvalue weighted by atomic mass is 10.4. The minimum absolute atomic E-state index is 1.26. The smallest absolute Gasteiger partial charge is 0.0760 e. The van der Waals surface area contributed by atoms with Crippen molar-refractivity contribution in [1.82, 2.24) is 0 Å². The number of allylic oxidation sites excluding steroid dienone is 4. The highest BCUT2D eigenvalue weighted by Crippen LogP contribution is 2.27. The van der Waals surface area contributed by atoms with Gasteiger partial charge in [0.1, 0.15) is 0 Å². The van der Waals surface area contributed by atoms with Crippen molar-refractivity contribution < 1.29 is 0 Å². The Labute approximate surface area is 93.3 Å². The molecule has 0 nitrogen and oxygen atoms in total. The zero-order valence-corrected chi connectivity index (χ0v) is 10.4. The van der Waals surface area contributed by atoms with Crippen LogP contribution in [-0.2, 0) is 0 Å². The highest BCUT2D eigenvalue weighted by molar-refractivity contribution is 6.96. The lowest BCUT2D eigenvalue weighted by Gasteiger charge is -2.30. The van der Waals surface area contributed by atoms with Crippen LogP contribution in [0.3, 0.4) is 0 Å². The Bertz CT molecular complexity index is 366. The van der Waals surface area contributed by atoms with Gasteiger partial charge in [-0.3, -0.25) is 0 Å². The maximum atomic E-state index is 2.46. The van der Waals surface area contributed by atoms with Crippen molar-refractivity contribution in [3.05, 3.63) is 60.2 Å². The van der Waals surface area contributed by atoms with Gasteiger partial charge in [-0.05, 0) is 0 Å². The van der Waals surface area contributed by atoms with Crippen LogP contribution >= 0.6 is 0 Å². The summed E-state index contributed by atoms with van der Waals surface area (Å²) in [5.41, 5.74) is 1.55. The molecule has 0 bridgehead atoms. The van der Waals surface area contributed by atoms with Gasteiger partial charge in [-0.1, -0.05) is 79.3 Å². The molecule has 1 unspecified atom stereocenters. The van der Waals surface area contributed by atoms with Crippen LogP contribution in [0.2, 0.25) is 12.6 Å². The van der Waals surface area contributed by atoms with Gasteiger partial charge < -0.3 is 0 Å². The van der Waals surface area contributed by atoms with Gasteiger partial charge in [-0.15, -0.1) is 0 Å². The molecule has 0 N–H and O–H groups in total. The molecule has 0 aromatic heterocycles. The van der Waals surface area contributed by atoms with E-state index in [0.717, 1.165) is 0 Å². The van der Waals surface area contributed by atoms with E-state index in [1.54, 1.807) is 10.7 Å². The van der Waals surface area contributed by atoms with E-state index in [2.05, 4.69) is 68.1 Å². The molecule has 1 heteroatoms. The van der Waals surface area contributed by atoms with Gasteiger partial charge in [0.15, 0.2) is 0 Å². The first-order valence-corrected chi connectivity index (χ1v) is 8.26. The first-order chi connectivity index (χ1) is 7.27. The van der Waals surface area contributed by atoms with E-state index in [1.165, 1.54) is 6.04 Å². The largest absolute Gasteiger partial charge is 0.0985 e. The van der Waals surface area contributed by atoms with Crippen molar-refractivity contribution in [3.63, 3.8) is 0 Å². The molecular formula is C14H17Si. The number of benzene rings is 1. The number of rotatable bonds is 3. The lowest BCUT2D eigenvalue weighted by Crippen LogP contribution is -2.48. The highest BCUT2D eigenvalue weighted by atomic mass is 28.3. The summed E-state index contributed by atoms with van der Waals surface area (Å²) in [6, 6.07) is 12.2. The zero-order valence-electron chi connectivity index (χ0n) is 9.40. The van der Waals surface area contributed by atoms with E-state index in [0.29, 0.717) is 0 Å². The summed E-state index contributed by atoms with van der Waals surface area (Å²) in [6.45, 7) is 4.77. The molecule has 1 aromatic carbocycles. The third kappa shape index (κ3) is 1.84. The third-order valence-electron chi connectivity index (χ3n) is 3.42. The van der Waals surface area contributed by atoms with Crippen LogP contribution in [0.1, 0.15) is 6.92 Å². The number of hydrogen-bond acceptors (Lipinski definition) is 0. The molecular weight excluding hydrogens is 196 g/mol. The van der Waals surface area contributed by atoms with Crippen LogP contribution in [-0.4, -0.2) is 8.07 Å². The molecule has 0 amide bonds. The zero-order chi connectivity index (χ0) is 10.7. The van der Waals surface area contributed by atoms with Crippen molar-refractivity contribution >= 4 is 13.3 Å². The predicted octanol–water partition coefficient (Wildman–Crippen LogP) is 3.23. The molecule has 0 fully saturated rings. The summed E-state index contributed by atoms with van der Waals surface area (Å²) in [6.07, 6.45) is 8.86. The van der Waals surface area contributed by atoms with Crippen LogP contribution in [0.4, 0.5) is 0 Å². The maximum absolute atomic E-state index is 2.46. The molecule has 1 aliphatic rings. The fourth-order valence-corrected chi connectivity index (χ4v) is 5.13. The molecule has 1 aromatic rings. The summed E-state index contributed by atoms with van der Waals surface area (Å²) in [5.74, 6) is 0. The average molecular weight is 213 g/mol. The van der Waals surface area contributed by atoms with Crippen molar-refractivity contribution in [2.75, 3.05) is 0 Å². The van der Waals surface area contributed by atoms with Crippen molar-refractivity contribution in [2.45, 2.75) is 19.5 Å². The van der Waals surface area contributed by atoms with Gasteiger partial charge >= 0.3 is 0 Å². The van der Waals surface area contributed by atoms with Gasteiger partial charge in [0.2, 0.25) is 0 Å². The Morgan fingerprint density at radius 1 is 1.00 bits per heavy atom. The third-order valence-corrected chi connectivity index (χ3v) is 8.05. The summed E-state index contributed by atoms with van der Waals surface area (Å²) in [7, 11) is -1.42. The molecule has 15 heavy (non-hydrogen) atoms. The molecule has 0 spiro atoms. The summed E-state index contributed by atoms with van der Waals surface area (Å²) >= 11 is 0. The van der Waals surface area contributed by atoms with Gasteiger partial charge in [0.05, 0.1) is 8.07 Å². The van der Waals surface area contributed by atoms with Crippen LogP contribution in [0.25, 0.3) is 0 Å². The second-order valence-corrected chi connectivity index (χ2v) is 8.75.